The number of benzene rings is 3. The van der Waals surface area contributed by atoms with Gasteiger partial charge in [0.25, 0.3) is 11.7 Å². The first-order valence-corrected chi connectivity index (χ1v) is 11.8. The number of carbonyl (C=O) groups excluding carboxylic acids is 2. The van der Waals surface area contributed by atoms with Gasteiger partial charge in [-0.15, -0.1) is 0 Å². The molecule has 2 aliphatic rings. The van der Waals surface area contributed by atoms with E-state index in [-0.39, 0.29) is 24.7 Å². The molecule has 1 N–H and O–H groups in total. The Labute approximate surface area is 209 Å². The number of fused-ring (bicyclic) bond motifs is 1. The number of hydrogen-bond donors (Lipinski definition) is 1. The Morgan fingerprint density at radius 2 is 1.69 bits per heavy atom. The molecular weight excluding hydrogens is 458 g/mol. The van der Waals surface area contributed by atoms with Crippen molar-refractivity contribution in [1.82, 2.24) is 4.90 Å². The molecule has 1 fully saturated rings. The molecule has 1 unspecified atom stereocenters. The fraction of sp³-hybridized carbons (Fsp3) is 0.241. The Kier molecular flexibility index (Phi) is 6.14. The van der Waals surface area contributed by atoms with E-state index < -0.39 is 17.7 Å². The van der Waals surface area contributed by atoms with Crippen LogP contribution in [0, 0.1) is 0 Å². The van der Waals surface area contributed by atoms with Crippen LogP contribution in [0.15, 0.2) is 72.3 Å². The second-order valence-electron chi connectivity index (χ2n) is 9.16. The summed E-state index contributed by atoms with van der Waals surface area (Å²) in [6, 6.07) is 19.4. The van der Waals surface area contributed by atoms with Gasteiger partial charge in [-0.1, -0.05) is 50.2 Å². The van der Waals surface area contributed by atoms with Crippen molar-refractivity contribution in [3.8, 4) is 17.2 Å². The van der Waals surface area contributed by atoms with Gasteiger partial charge >= 0.3 is 0 Å². The van der Waals surface area contributed by atoms with Gasteiger partial charge in [0.15, 0.2) is 11.5 Å². The van der Waals surface area contributed by atoms with Crippen molar-refractivity contribution in [2.75, 3.05) is 13.9 Å². The summed E-state index contributed by atoms with van der Waals surface area (Å²) in [7, 11) is 1.59. The lowest BCUT2D eigenvalue weighted by Gasteiger charge is -2.26. The lowest BCUT2D eigenvalue weighted by molar-refractivity contribution is -0.140. The highest BCUT2D eigenvalue weighted by atomic mass is 16.7. The Bertz CT molecular complexity index is 1340. The Morgan fingerprint density at radius 3 is 2.36 bits per heavy atom. The zero-order valence-corrected chi connectivity index (χ0v) is 20.4. The maximum Gasteiger partial charge on any atom is 0.295 e. The quantitative estimate of drug-likeness (QED) is 0.295. The van der Waals surface area contributed by atoms with E-state index in [2.05, 4.69) is 13.8 Å². The van der Waals surface area contributed by atoms with Crippen molar-refractivity contribution in [3.05, 3.63) is 94.6 Å². The molecule has 1 amide bonds. The molecule has 184 valence electrons. The van der Waals surface area contributed by atoms with E-state index in [1.165, 1.54) is 4.90 Å². The molecule has 0 bridgehead atoms. The van der Waals surface area contributed by atoms with Gasteiger partial charge in [0.2, 0.25) is 6.79 Å². The highest BCUT2D eigenvalue weighted by Gasteiger charge is 2.46. The highest BCUT2D eigenvalue weighted by Crippen LogP contribution is 2.42. The number of aliphatic hydroxyl groups is 1. The number of amides is 1. The standard InChI is InChI=1S/C29H27NO6/c1-17(2)19-6-8-20(9-7-19)26-25(27(31)21-10-13-23-24(14-21)36-16-35-23)28(32)29(33)30(26)15-18-4-11-22(34-3)12-5-18/h4-14,17,26,31H,15-16H2,1-3H3/b27-25-. The normalized spacial score (nSPS) is 18.2. The fourth-order valence-corrected chi connectivity index (χ4v) is 4.58. The minimum absolute atomic E-state index is 0.0460. The summed E-state index contributed by atoms with van der Waals surface area (Å²) < 4.78 is 16.0. The van der Waals surface area contributed by atoms with Crippen LogP contribution < -0.4 is 14.2 Å². The molecule has 0 saturated carbocycles. The lowest BCUT2D eigenvalue weighted by Crippen LogP contribution is -2.29. The molecule has 5 rings (SSSR count). The summed E-state index contributed by atoms with van der Waals surface area (Å²) in [6.45, 7) is 4.49. The number of hydrogen-bond acceptors (Lipinski definition) is 6. The van der Waals surface area contributed by atoms with E-state index in [4.69, 9.17) is 14.2 Å². The van der Waals surface area contributed by atoms with Gasteiger partial charge in [-0.25, -0.2) is 0 Å². The SMILES string of the molecule is COc1ccc(CN2C(=O)C(=O)/C(=C(\O)c3ccc4c(c3)OCO4)C2c2ccc(C(C)C)cc2)cc1. The zero-order chi connectivity index (χ0) is 25.4. The van der Waals surface area contributed by atoms with Gasteiger partial charge in [-0.2, -0.15) is 0 Å². The van der Waals surface area contributed by atoms with E-state index in [0.717, 1.165) is 16.7 Å². The number of nitrogens with zero attached hydrogens (tertiary/aromatic N) is 1. The molecule has 7 nitrogen and oxygen atoms in total. The summed E-state index contributed by atoms with van der Waals surface area (Å²) in [5.74, 6) is 0.434. The summed E-state index contributed by atoms with van der Waals surface area (Å²) >= 11 is 0. The van der Waals surface area contributed by atoms with Crippen LogP contribution in [0.1, 0.15) is 48.1 Å². The third-order valence-corrected chi connectivity index (χ3v) is 6.62. The highest BCUT2D eigenvalue weighted by molar-refractivity contribution is 6.46. The summed E-state index contributed by atoms with van der Waals surface area (Å²) in [5, 5.41) is 11.3. The Hall–Kier alpha value is -4.26. The first-order valence-electron chi connectivity index (χ1n) is 11.8. The van der Waals surface area contributed by atoms with Crippen LogP contribution in [-0.4, -0.2) is 35.6 Å². The smallest absolute Gasteiger partial charge is 0.295 e. The van der Waals surface area contributed by atoms with Crippen LogP contribution in [0.25, 0.3) is 5.76 Å². The molecule has 36 heavy (non-hydrogen) atoms. The van der Waals surface area contributed by atoms with Crippen molar-refractivity contribution in [3.63, 3.8) is 0 Å². The minimum atomic E-state index is -0.751. The summed E-state index contributed by atoms with van der Waals surface area (Å²) in [6.07, 6.45) is 0. The maximum absolute atomic E-state index is 13.3. The number of ketones is 1. The van der Waals surface area contributed by atoms with Crippen LogP contribution in [0.2, 0.25) is 0 Å². The van der Waals surface area contributed by atoms with Gasteiger partial charge in [-0.3, -0.25) is 9.59 Å². The van der Waals surface area contributed by atoms with E-state index in [1.807, 2.05) is 48.5 Å². The lowest BCUT2D eigenvalue weighted by atomic mass is 9.93. The van der Waals surface area contributed by atoms with Crippen molar-refractivity contribution in [2.24, 2.45) is 0 Å². The molecular formula is C29H27NO6. The van der Waals surface area contributed by atoms with Crippen LogP contribution in [0.5, 0.6) is 17.2 Å². The van der Waals surface area contributed by atoms with Crippen LogP contribution in [0.4, 0.5) is 0 Å². The predicted molar refractivity (Wildman–Crippen MR) is 134 cm³/mol. The van der Waals surface area contributed by atoms with Crippen LogP contribution >= 0.6 is 0 Å². The average molecular weight is 486 g/mol. The summed E-state index contributed by atoms with van der Waals surface area (Å²) in [4.78, 5) is 28.1. The number of likely N-dealkylation sites (tertiary alicyclic amines) is 1. The van der Waals surface area contributed by atoms with Crippen molar-refractivity contribution < 1.29 is 28.9 Å². The second kappa shape index (κ2) is 9.41. The van der Waals surface area contributed by atoms with E-state index in [0.29, 0.717) is 28.7 Å². The predicted octanol–water partition coefficient (Wildman–Crippen LogP) is 5.17. The van der Waals surface area contributed by atoms with E-state index in [9.17, 15) is 14.7 Å². The summed E-state index contributed by atoms with van der Waals surface area (Å²) in [5.41, 5.74) is 3.15. The third-order valence-electron chi connectivity index (χ3n) is 6.62. The fourth-order valence-electron chi connectivity index (χ4n) is 4.58. The molecule has 0 aromatic heterocycles. The number of ether oxygens (including phenoxy) is 3. The Balaban J connectivity index is 1.60. The molecule has 2 heterocycles. The molecule has 3 aromatic carbocycles. The van der Waals surface area contributed by atoms with Gasteiger partial charge in [0.05, 0.1) is 18.7 Å². The largest absolute Gasteiger partial charge is 0.507 e. The maximum atomic E-state index is 13.3. The molecule has 2 aliphatic heterocycles. The molecule has 0 aliphatic carbocycles. The molecule has 7 heteroatoms. The van der Waals surface area contributed by atoms with Gasteiger partial charge in [0.1, 0.15) is 11.5 Å². The van der Waals surface area contributed by atoms with Crippen molar-refractivity contribution in [2.45, 2.75) is 32.4 Å². The zero-order valence-electron chi connectivity index (χ0n) is 20.4. The number of methoxy groups -OCH3 is 1. The van der Waals surface area contributed by atoms with Gasteiger partial charge in [0, 0.05) is 12.1 Å². The first-order chi connectivity index (χ1) is 17.4. The van der Waals surface area contributed by atoms with Gasteiger partial charge < -0.3 is 24.2 Å². The monoisotopic (exact) mass is 485 g/mol. The average Bonchev–Trinajstić information content (AvgIpc) is 3.46. The van der Waals surface area contributed by atoms with E-state index in [1.54, 1.807) is 25.3 Å². The van der Waals surface area contributed by atoms with Crippen LogP contribution in [-0.2, 0) is 16.1 Å². The number of carbonyl (C=O) groups is 2. The van der Waals surface area contributed by atoms with Crippen molar-refractivity contribution in [1.29, 1.82) is 0 Å². The molecule has 0 radical (unpaired) electrons. The van der Waals surface area contributed by atoms with E-state index >= 15 is 0 Å². The second-order valence-corrected chi connectivity index (χ2v) is 9.16. The Morgan fingerprint density at radius 1 is 1.00 bits per heavy atom. The number of Topliss-reactive ketones (excluding diaryl/α,β-unsaturated/α-hetero) is 1. The number of rotatable bonds is 6. The molecule has 3 aromatic rings. The van der Waals surface area contributed by atoms with Crippen LogP contribution in [0.3, 0.4) is 0 Å². The molecule has 1 saturated heterocycles. The van der Waals surface area contributed by atoms with Gasteiger partial charge in [-0.05, 0) is 52.9 Å². The molecule has 0 spiro atoms. The first kappa shape index (κ1) is 23.5. The minimum Gasteiger partial charge on any atom is -0.507 e. The topological polar surface area (TPSA) is 85.3 Å². The number of aliphatic hydroxyl groups excluding tert-OH is 1. The third kappa shape index (κ3) is 4.17. The molecule has 1 atom stereocenters. The van der Waals surface area contributed by atoms with Crippen molar-refractivity contribution >= 4 is 17.4 Å².